The van der Waals surface area contributed by atoms with Crippen LogP contribution in [-0.2, 0) is 6.54 Å². The molecule has 3 aromatic carbocycles. The lowest BCUT2D eigenvalue weighted by molar-refractivity contribution is 0.393. The van der Waals surface area contributed by atoms with E-state index in [-0.39, 0.29) is 6.04 Å². The first-order valence-electron chi connectivity index (χ1n) is 9.36. The third-order valence-electron chi connectivity index (χ3n) is 5.18. The first kappa shape index (κ1) is 17.5. The minimum atomic E-state index is 0.276. The van der Waals surface area contributed by atoms with Gasteiger partial charge in [0.2, 0.25) is 0 Å². The van der Waals surface area contributed by atoms with E-state index in [0.717, 1.165) is 29.1 Å². The van der Waals surface area contributed by atoms with Gasteiger partial charge in [-0.2, -0.15) is 0 Å². The summed E-state index contributed by atoms with van der Waals surface area (Å²) in [5.74, 6) is 0.864. The number of nitrogens with one attached hydrogen (secondary N) is 1. The SMILES string of the molecule is Cc1noc(C)c1-c1ccc(CN[C@H](C)c2cccc3ccccc23)cc1. The molecule has 1 heterocycles. The van der Waals surface area contributed by atoms with Crippen LogP contribution in [0.25, 0.3) is 21.9 Å². The van der Waals surface area contributed by atoms with Crippen molar-refractivity contribution in [3.63, 3.8) is 0 Å². The van der Waals surface area contributed by atoms with Gasteiger partial charge in [0.05, 0.1) is 5.69 Å². The normalized spacial score (nSPS) is 12.4. The Bertz CT molecular complexity index is 1040. The minimum absolute atomic E-state index is 0.276. The fraction of sp³-hybridized carbons (Fsp3) is 0.208. The highest BCUT2D eigenvalue weighted by molar-refractivity contribution is 5.86. The number of benzene rings is 3. The Morgan fingerprint density at radius 3 is 2.41 bits per heavy atom. The smallest absolute Gasteiger partial charge is 0.141 e. The Morgan fingerprint density at radius 2 is 1.67 bits per heavy atom. The van der Waals surface area contributed by atoms with Gasteiger partial charge in [-0.25, -0.2) is 0 Å². The molecule has 0 bridgehead atoms. The van der Waals surface area contributed by atoms with E-state index in [1.165, 1.54) is 21.9 Å². The molecule has 0 spiro atoms. The van der Waals surface area contributed by atoms with Crippen molar-refractivity contribution in [1.82, 2.24) is 10.5 Å². The fourth-order valence-electron chi connectivity index (χ4n) is 3.69. The van der Waals surface area contributed by atoms with Crippen LogP contribution in [0.2, 0.25) is 0 Å². The lowest BCUT2D eigenvalue weighted by Gasteiger charge is -2.17. The van der Waals surface area contributed by atoms with Gasteiger partial charge in [0.15, 0.2) is 0 Å². The lowest BCUT2D eigenvalue weighted by atomic mass is 9.99. The highest BCUT2D eigenvalue weighted by atomic mass is 16.5. The van der Waals surface area contributed by atoms with Crippen LogP contribution in [0, 0.1) is 13.8 Å². The molecule has 3 heteroatoms. The summed E-state index contributed by atoms with van der Waals surface area (Å²) in [6.07, 6.45) is 0. The molecule has 0 amide bonds. The number of hydrogen-bond acceptors (Lipinski definition) is 3. The summed E-state index contributed by atoms with van der Waals surface area (Å²) in [7, 11) is 0. The molecule has 0 aliphatic rings. The molecule has 27 heavy (non-hydrogen) atoms. The molecule has 0 saturated carbocycles. The Hall–Kier alpha value is -2.91. The topological polar surface area (TPSA) is 38.1 Å². The molecule has 1 atom stereocenters. The van der Waals surface area contributed by atoms with Crippen molar-refractivity contribution >= 4 is 10.8 Å². The number of aromatic nitrogens is 1. The summed E-state index contributed by atoms with van der Waals surface area (Å²) in [6.45, 7) is 6.98. The summed E-state index contributed by atoms with van der Waals surface area (Å²) < 4.78 is 5.28. The maximum atomic E-state index is 5.28. The zero-order valence-corrected chi connectivity index (χ0v) is 16.0. The summed E-state index contributed by atoms with van der Waals surface area (Å²) in [5.41, 5.74) is 5.77. The first-order chi connectivity index (χ1) is 13.1. The van der Waals surface area contributed by atoms with E-state index in [0.29, 0.717) is 0 Å². The molecule has 4 aromatic rings. The first-order valence-corrected chi connectivity index (χ1v) is 9.36. The van der Waals surface area contributed by atoms with Crippen molar-refractivity contribution in [1.29, 1.82) is 0 Å². The highest BCUT2D eigenvalue weighted by Gasteiger charge is 2.12. The summed E-state index contributed by atoms with van der Waals surface area (Å²) in [6, 6.07) is 24.0. The minimum Gasteiger partial charge on any atom is -0.361 e. The molecule has 1 aromatic heterocycles. The summed E-state index contributed by atoms with van der Waals surface area (Å²) in [4.78, 5) is 0. The molecule has 0 aliphatic carbocycles. The summed E-state index contributed by atoms with van der Waals surface area (Å²) in [5, 5.41) is 10.3. The van der Waals surface area contributed by atoms with Crippen molar-refractivity contribution in [2.75, 3.05) is 0 Å². The number of hydrogen-bond donors (Lipinski definition) is 1. The van der Waals surface area contributed by atoms with E-state index in [2.05, 4.69) is 84.1 Å². The molecular weight excluding hydrogens is 332 g/mol. The molecule has 0 saturated heterocycles. The van der Waals surface area contributed by atoms with Crippen LogP contribution in [-0.4, -0.2) is 5.16 Å². The van der Waals surface area contributed by atoms with Gasteiger partial charge < -0.3 is 9.84 Å². The number of aryl methyl sites for hydroxylation is 2. The fourth-order valence-corrected chi connectivity index (χ4v) is 3.69. The third kappa shape index (κ3) is 3.51. The third-order valence-corrected chi connectivity index (χ3v) is 5.18. The van der Waals surface area contributed by atoms with Crippen molar-refractivity contribution in [2.24, 2.45) is 0 Å². The van der Waals surface area contributed by atoms with Crippen molar-refractivity contribution < 1.29 is 4.52 Å². The van der Waals surface area contributed by atoms with Gasteiger partial charge in [-0.15, -0.1) is 0 Å². The van der Waals surface area contributed by atoms with E-state index in [1.54, 1.807) is 0 Å². The van der Waals surface area contributed by atoms with E-state index in [9.17, 15) is 0 Å². The molecule has 0 aliphatic heterocycles. The van der Waals surface area contributed by atoms with Gasteiger partial charge in [0.25, 0.3) is 0 Å². The van der Waals surface area contributed by atoms with Gasteiger partial charge in [0.1, 0.15) is 5.76 Å². The van der Waals surface area contributed by atoms with Crippen molar-refractivity contribution in [3.05, 3.63) is 89.3 Å². The maximum Gasteiger partial charge on any atom is 0.141 e. The Labute approximate surface area is 160 Å². The van der Waals surface area contributed by atoms with Gasteiger partial charge in [-0.3, -0.25) is 0 Å². The van der Waals surface area contributed by atoms with Crippen LogP contribution in [0.15, 0.2) is 71.3 Å². The number of nitrogens with zero attached hydrogens (tertiary/aromatic N) is 1. The van der Waals surface area contributed by atoms with Crippen molar-refractivity contribution in [2.45, 2.75) is 33.4 Å². The molecule has 0 unspecified atom stereocenters. The van der Waals surface area contributed by atoms with Gasteiger partial charge in [0, 0.05) is 18.2 Å². The Balaban J connectivity index is 1.48. The van der Waals surface area contributed by atoms with Gasteiger partial charge in [-0.1, -0.05) is 71.9 Å². The monoisotopic (exact) mass is 356 g/mol. The average molecular weight is 356 g/mol. The Kier molecular flexibility index (Phi) is 4.78. The van der Waals surface area contributed by atoms with Crippen LogP contribution >= 0.6 is 0 Å². The Morgan fingerprint density at radius 1 is 0.926 bits per heavy atom. The van der Waals surface area contributed by atoms with Gasteiger partial charge >= 0.3 is 0 Å². The maximum absolute atomic E-state index is 5.28. The van der Waals surface area contributed by atoms with Gasteiger partial charge in [-0.05, 0) is 48.2 Å². The zero-order chi connectivity index (χ0) is 18.8. The second-order valence-electron chi connectivity index (χ2n) is 7.07. The van der Waals surface area contributed by atoms with Crippen LogP contribution in [0.3, 0.4) is 0 Å². The molecule has 1 N–H and O–H groups in total. The van der Waals surface area contributed by atoms with Crippen LogP contribution in [0.4, 0.5) is 0 Å². The number of rotatable bonds is 5. The second kappa shape index (κ2) is 7.37. The van der Waals surface area contributed by atoms with E-state index < -0.39 is 0 Å². The van der Waals surface area contributed by atoms with Crippen molar-refractivity contribution in [3.8, 4) is 11.1 Å². The highest BCUT2D eigenvalue weighted by Crippen LogP contribution is 2.27. The molecule has 4 rings (SSSR count). The van der Waals surface area contributed by atoms with Crippen LogP contribution in [0.5, 0.6) is 0 Å². The average Bonchev–Trinajstić information content (AvgIpc) is 3.04. The predicted octanol–water partition coefficient (Wildman–Crippen LogP) is 5.96. The molecule has 0 radical (unpaired) electrons. The largest absolute Gasteiger partial charge is 0.361 e. The standard InChI is InChI=1S/C24H24N2O/c1-16(22-10-6-8-20-7-4-5-9-23(20)22)25-15-19-11-13-21(14-12-19)24-17(2)26-27-18(24)3/h4-14,16,25H,15H2,1-3H3/t16-/m1/s1. The van der Waals surface area contributed by atoms with E-state index in [4.69, 9.17) is 4.52 Å². The number of fused-ring (bicyclic) bond motifs is 1. The van der Waals surface area contributed by atoms with E-state index in [1.807, 2.05) is 13.8 Å². The van der Waals surface area contributed by atoms with Crippen LogP contribution < -0.4 is 5.32 Å². The van der Waals surface area contributed by atoms with Crippen LogP contribution in [0.1, 0.15) is 35.5 Å². The summed E-state index contributed by atoms with van der Waals surface area (Å²) >= 11 is 0. The molecule has 136 valence electrons. The lowest BCUT2D eigenvalue weighted by Crippen LogP contribution is -2.18. The molecular formula is C24H24N2O. The predicted molar refractivity (Wildman–Crippen MR) is 111 cm³/mol. The molecule has 0 fully saturated rings. The zero-order valence-electron chi connectivity index (χ0n) is 16.0. The van der Waals surface area contributed by atoms with E-state index >= 15 is 0 Å². The molecule has 3 nitrogen and oxygen atoms in total. The second-order valence-corrected chi connectivity index (χ2v) is 7.07. The quantitative estimate of drug-likeness (QED) is 0.479.